The minimum absolute atomic E-state index is 0.113. The van der Waals surface area contributed by atoms with Crippen LogP contribution in [-0.4, -0.2) is 262 Å². The lowest BCUT2D eigenvalue weighted by Gasteiger charge is -2.71. The molecule has 5 aliphatic carbocycles. The van der Waals surface area contributed by atoms with Crippen LogP contribution in [0.2, 0.25) is 0 Å². The van der Waals surface area contributed by atoms with E-state index in [-0.39, 0.29) is 23.7 Å². The highest BCUT2D eigenvalue weighted by atomic mass is 16.8. The van der Waals surface area contributed by atoms with Gasteiger partial charge in [0, 0.05) is 0 Å². The molecule has 31 atom stereocenters. The van der Waals surface area contributed by atoms with Crippen LogP contribution in [0.1, 0.15) is 106 Å². The summed E-state index contributed by atoms with van der Waals surface area (Å²) in [5, 5.41) is 163. The van der Waals surface area contributed by atoms with Gasteiger partial charge in [0.1, 0.15) is 91.1 Å². The van der Waals surface area contributed by atoms with Crippen molar-refractivity contribution in [2.75, 3.05) is 33.0 Å². The number of esters is 1. The van der Waals surface area contributed by atoms with E-state index in [1.165, 1.54) is 13.8 Å². The van der Waals surface area contributed by atoms with Crippen LogP contribution in [0, 0.1) is 50.2 Å². The molecule has 5 aliphatic heterocycles. The molecule has 10 aliphatic rings. The largest absolute Gasteiger partial charge is 0.481 e. The number of hydrogen-bond acceptors (Lipinski definition) is 26. The minimum atomic E-state index is -2.07. The average Bonchev–Trinajstić information content (AvgIpc) is 0.776. The third-order valence-electron chi connectivity index (χ3n) is 22.5. The second kappa shape index (κ2) is 23.2. The molecule has 31 unspecified atom stereocenters. The first-order valence-electron chi connectivity index (χ1n) is 29.6. The number of aliphatic carboxylic acids is 1. The summed E-state index contributed by atoms with van der Waals surface area (Å²) < 4.78 is 58.6. The molecule has 0 amide bonds. The molecule has 0 aromatic heterocycles. The Balaban J connectivity index is 0.852. The summed E-state index contributed by atoms with van der Waals surface area (Å²) in [4.78, 5) is 29.1. The number of carbonyl (C=O) groups excluding carboxylic acids is 1. The standard InChI is InChI=1S/C57H90O27/c1-23-39(80-44-38(69)40(28(62)20-75-44)81-48-42(70)57(74,21-59)22-77-48)35(66)37(68)45(78-23)82-41-32(63)27(61)19-76-47(41)84-50(73)56-14-12-51(2,3)16-25(56)24-8-9-30-52(4)17-26(60)43(83-46-36(67)34(65)33(64)29(18-58)79-46)55(7,49(71)72)31(52)10-11-54(30,6)53(24,5)13-15-56/h8,23,25-48,58-70,74H,9-22H2,1-7H3,(H,71,72). The summed E-state index contributed by atoms with van der Waals surface area (Å²) in [6.07, 6.45) is -29.5. The molecular formula is C57H90O27. The summed E-state index contributed by atoms with van der Waals surface area (Å²) >= 11 is 0. The number of aliphatic hydroxyl groups excluding tert-OH is 13. The number of fused-ring (bicyclic) bond motifs is 7. The number of carboxylic acids is 1. The molecule has 0 spiro atoms. The van der Waals surface area contributed by atoms with Gasteiger partial charge in [0.2, 0.25) is 6.29 Å². The number of aliphatic hydroxyl groups is 14. The second-order valence-corrected chi connectivity index (χ2v) is 27.8. The van der Waals surface area contributed by atoms with Crippen molar-refractivity contribution in [1.82, 2.24) is 0 Å². The predicted octanol–water partition coefficient (Wildman–Crippen LogP) is -3.23. The zero-order valence-electron chi connectivity index (χ0n) is 48.5. The monoisotopic (exact) mass is 1210 g/mol. The van der Waals surface area contributed by atoms with Crippen molar-refractivity contribution in [3.63, 3.8) is 0 Å². The van der Waals surface area contributed by atoms with Gasteiger partial charge < -0.3 is 124 Å². The molecule has 9 fully saturated rings. The van der Waals surface area contributed by atoms with Crippen molar-refractivity contribution in [3.8, 4) is 0 Å². The summed E-state index contributed by atoms with van der Waals surface area (Å²) in [6.45, 7) is 10.7. The van der Waals surface area contributed by atoms with Gasteiger partial charge in [-0.1, -0.05) is 46.3 Å². The molecule has 27 nitrogen and oxygen atoms in total. The van der Waals surface area contributed by atoms with Crippen LogP contribution >= 0.6 is 0 Å². The Bertz CT molecular complexity index is 2420. The molecule has 84 heavy (non-hydrogen) atoms. The van der Waals surface area contributed by atoms with Crippen LogP contribution in [0.5, 0.6) is 0 Å². The molecule has 0 bridgehead atoms. The van der Waals surface area contributed by atoms with Gasteiger partial charge in [-0.15, -0.1) is 0 Å². The number of hydrogen-bond donors (Lipinski definition) is 15. The van der Waals surface area contributed by atoms with Crippen LogP contribution in [0.15, 0.2) is 11.6 Å². The highest BCUT2D eigenvalue weighted by molar-refractivity contribution is 5.79. The van der Waals surface area contributed by atoms with Crippen molar-refractivity contribution in [2.24, 2.45) is 50.2 Å². The average molecular weight is 1210 g/mol. The van der Waals surface area contributed by atoms with E-state index in [0.717, 1.165) is 5.57 Å². The fraction of sp³-hybridized carbons (Fsp3) is 0.930. The molecular weight excluding hydrogens is 1120 g/mol. The van der Waals surface area contributed by atoms with Crippen molar-refractivity contribution >= 4 is 11.9 Å². The third-order valence-corrected chi connectivity index (χ3v) is 22.5. The molecule has 27 heteroatoms. The molecule has 5 saturated heterocycles. The van der Waals surface area contributed by atoms with E-state index in [4.69, 9.17) is 47.4 Å². The highest BCUT2D eigenvalue weighted by Gasteiger charge is 2.73. The lowest BCUT2D eigenvalue weighted by molar-refractivity contribution is -0.372. The first kappa shape index (κ1) is 64.7. The van der Waals surface area contributed by atoms with Crippen LogP contribution in [0.4, 0.5) is 0 Å². The van der Waals surface area contributed by atoms with E-state index < -0.39 is 219 Å². The van der Waals surface area contributed by atoms with Gasteiger partial charge in [-0.2, -0.15) is 0 Å². The number of allylic oxidation sites excluding steroid dienone is 2. The summed E-state index contributed by atoms with van der Waals surface area (Å²) in [5.74, 6) is -2.99. The van der Waals surface area contributed by atoms with Gasteiger partial charge in [0.15, 0.2) is 31.3 Å². The van der Waals surface area contributed by atoms with Crippen LogP contribution in [0.25, 0.3) is 0 Å². The van der Waals surface area contributed by atoms with E-state index in [9.17, 15) is 81.4 Å². The van der Waals surface area contributed by atoms with Crippen molar-refractivity contribution in [2.45, 2.75) is 247 Å². The molecule has 5 heterocycles. The van der Waals surface area contributed by atoms with Crippen molar-refractivity contribution in [1.29, 1.82) is 0 Å². The van der Waals surface area contributed by atoms with Crippen LogP contribution < -0.4 is 0 Å². The van der Waals surface area contributed by atoms with Gasteiger partial charge in [0.25, 0.3) is 0 Å². The van der Waals surface area contributed by atoms with E-state index in [0.29, 0.717) is 51.4 Å². The molecule has 0 radical (unpaired) electrons. The number of carboxylic acid groups (broad SMARTS) is 1. The van der Waals surface area contributed by atoms with Gasteiger partial charge >= 0.3 is 11.9 Å². The number of ether oxygens (including phenoxy) is 10. The molecule has 10 rings (SSSR count). The van der Waals surface area contributed by atoms with Gasteiger partial charge in [-0.3, -0.25) is 9.59 Å². The SMILES string of the molecule is CC1OC(OC2C(OC(=O)C34CCC(C)(C)CC3C3=CCC5C6(C)CC(O)C(OC7OC(CO)C(O)C(O)C7O)C(C)(C(=O)O)C6CCC5(C)C3(C)CC4)OCC(O)C2O)C(O)C(O)C1OC1OCC(O)C(OC2OCC(O)(CO)C2O)C1O. The first-order chi connectivity index (χ1) is 39.3. The predicted molar refractivity (Wildman–Crippen MR) is 279 cm³/mol. The van der Waals surface area contributed by atoms with Gasteiger partial charge in [-0.25, -0.2) is 0 Å². The van der Waals surface area contributed by atoms with E-state index >= 15 is 4.79 Å². The summed E-state index contributed by atoms with van der Waals surface area (Å²) in [5.41, 5.74) is -5.95. The van der Waals surface area contributed by atoms with Crippen molar-refractivity contribution < 1.29 is 134 Å². The maximum Gasteiger partial charge on any atom is 0.315 e. The maximum atomic E-state index is 15.4. The summed E-state index contributed by atoms with van der Waals surface area (Å²) in [6, 6.07) is 0. The van der Waals surface area contributed by atoms with Crippen LogP contribution in [-0.2, 0) is 57.0 Å². The number of rotatable bonds is 13. The van der Waals surface area contributed by atoms with E-state index in [1.54, 1.807) is 0 Å². The Morgan fingerprint density at radius 1 is 0.619 bits per heavy atom. The molecule has 4 saturated carbocycles. The Morgan fingerprint density at radius 2 is 1.25 bits per heavy atom. The number of carbonyl (C=O) groups is 2. The van der Waals surface area contributed by atoms with Crippen molar-refractivity contribution in [3.05, 3.63) is 11.6 Å². The van der Waals surface area contributed by atoms with Crippen LogP contribution in [0.3, 0.4) is 0 Å². The Kier molecular flexibility index (Phi) is 17.9. The third kappa shape index (κ3) is 10.3. The lowest BCUT2D eigenvalue weighted by atomic mass is 9.33. The quantitative estimate of drug-likeness (QED) is 0.0490. The maximum absolute atomic E-state index is 15.4. The smallest absolute Gasteiger partial charge is 0.315 e. The molecule has 0 aromatic rings. The second-order valence-electron chi connectivity index (χ2n) is 27.8. The topological polar surface area (TPSA) is 430 Å². The Hall–Kier alpha value is -2.24. The lowest BCUT2D eigenvalue weighted by Crippen LogP contribution is -2.70. The van der Waals surface area contributed by atoms with Gasteiger partial charge in [0.05, 0.1) is 56.1 Å². The first-order valence-corrected chi connectivity index (χ1v) is 29.6. The zero-order valence-corrected chi connectivity index (χ0v) is 48.5. The fourth-order valence-corrected chi connectivity index (χ4v) is 17.2. The normalized spacial score (nSPS) is 54.7. The molecule has 0 aromatic carbocycles. The minimum Gasteiger partial charge on any atom is -0.481 e. The van der Waals surface area contributed by atoms with E-state index in [1.807, 2.05) is 6.92 Å². The molecule has 480 valence electrons. The van der Waals surface area contributed by atoms with E-state index in [2.05, 4.69) is 33.8 Å². The van der Waals surface area contributed by atoms with Gasteiger partial charge in [-0.05, 0) is 111 Å². The fourth-order valence-electron chi connectivity index (χ4n) is 17.2. The molecule has 15 N–H and O–H groups in total. The Morgan fingerprint density at radius 3 is 1.92 bits per heavy atom. The highest BCUT2D eigenvalue weighted by Crippen LogP contribution is 2.76. The Labute approximate surface area is 486 Å². The summed E-state index contributed by atoms with van der Waals surface area (Å²) in [7, 11) is 0. The zero-order chi connectivity index (χ0) is 61.3.